The molecule has 2 N–H and O–H groups in total. The molecule has 0 spiro atoms. The maximum absolute atomic E-state index is 10.3. The maximum atomic E-state index is 10.3. The van der Waals surface area contributed by atoms with E-state index in [9.17, 15) is 9.59 Å². The highest BCUT2D eigenvalue weighted by molar-refractivity contribution is 6.20. The fraction of sp³-hybridized carbons (Fsp3) is 0.700. The van der Waals surface area contributed by atoms with Crippen LogP contribution in [0.1, 0.15) is 6.92 Å². The van der Waals surface area contributed by atoms with Crippen LogP contribution in [0.4, 0.5) is 0 Å². The van der Waals surface area contributed by atoms with E-state index in [1.165, 1.54) is 0 Å². The fourth-order valence-electron chi connectivity index (χ4n) is 1.84. The minimum Gasteiger partial charge on any atom is -0.481 e. The standard InChI is InChI=1S/C6H8O3.C4H7N2O2/c7-6(8)5-3-1-9-2-4(3)5;1-2-8-4(7)3-6-5/h3-5H,1-2H2,(H,7,8);3,5H,2H2,1H3/q;+1. The fourth-order valence-corrected chi connectivity index (χ4v) is 1.84. The summed E-state index contributed by atoms with van der Waals surface area (Å²) in [5, 5.41) is 8.50. The summed E-state index contributed by atoms with van der Waals surface area (Å²) >= 11 is 0. The molecule has 0 amide bonds. The van der Waals surface area contributed by atoms with Gasteiger partial charge in [-0.2, -0.15) is 0 Å². The Balaban J connectivity index is 0.000000172. The summed E-state index contributed by atoms with van der Waals surface area (Å²) < 4.78 is 9.40. The number of hydrogen-bond donors (Lipinski definition) is 2. The molecule has 1 aliphatic heterocycles. The van der Waals surface area contributed by atoms with Crippen molar-refractivity contribution >= 4 is 18.2 Å². The lowest BCUT2D eigenvalue weighted by molar-refractivity contribution is -0.148. The summed E-state index contributed by atoms with van der Waals surface area (Å²) in [5.74, 6) is -0.584. The molecule has 2 aliphatic rings. The highest BCUT2D eigenvalue weighted by Gasteiger charge is 2.58. The number of rotatable bonds is 3. The molecule has 2 unspecified atom stereocenters. The largest absolute Gasteiger partial charge is 0.481 e. The van der Waals surface area contributed by atoms with Crippen LogP contribution < -0.4 is 0 Å². The van der Waals surface area contributed by atoms with Gasteiger partial charge < -0.3 is 14.6 Å². The van der Waals surface area contributed by atoms with E-state index in [1.807, 2.05) is 0 Å². The number of aliphatic carboxylic acids is 1. The van der Waals surface area contributed by atoms with Crippen molar-refractivity contribution in [3.8, 4) is 0 Å². The second-order valence-corrected chi connectivity index (χ2v) is 3.74. The van der Waals surface area contributed by atoms with Gasteiger partial charge in [-0.1, -0.05) is 0 Å². The lowest BCUT2D eigenvalue weighted by Gasteiger charge is -1.96. The van der Waals surface area contributed by atoms with Crippen molar-refractivity contribution in [3.63, 3.8) is 0 Å². The average Bonchev–Trinajstić information content (AvgIpc) is 2.76. The minimum atomic E-state index is -0.645. The number of nitrogens with zero attached hydrogens (tertiary/aromatic N) is 1. The highest BCUT2D eigenvalue weighted by atomic mass is 16.5. The van der Waals surface area contributed by atoms with Crippen molar-refractivity contribution in [3.05, 3.63) is 0 Å². The Morgan fingerprint density at radius 1 is 1.53 bits per heavy atom. The van der Waals surface area contributed by atoms with Crippen molar-refractivity contribution in [1.82, 2.24) is 0 Å². The van der Waals surface area contributed by atoms with Crippen LogP contribution in [0.3, 0.4) is 0 Å². The first kappa shape index (κ1) is 13.3. The molecule has 2 atom stereocenters. The van der Waals surface area contributed by atoms with E-state index in [0.29, 0.717) is 31.7 Å². The van der Waals surface area contributed by atoms with Crippen LogP contribution in [0.2, 0.25) is 0 Å². The van der Waals surface area contributed by atoms with Crippen molar-refractivity contribution in [2.75, 3.05) is 19.8 Å². The molecular formula is C10H15N2O5+. The molecule has 0 aromatic heterocycles. The van der Waals surface area contributed by atoms with Crippen LogP contribution in [-0.4, -0.2) is 47.9 Å². The molecular weight excluding hydrogens is 228 g/mol. The second-order valence-electron chi connectivity index (χ2n) is 3.74. The smallest absolute Gasteiger partial charge is 0.418 e. The summed E-state index contributed by atoms with van der Waals surface area (Å²) in [4.78, 5) is 23.2. The van der Waals surface area contributed by atoms with Crippen LogP contribution in [-0.2, 0) is 19.1 Å². The number of esters is 1. The molecule has 2 fully saturated rings. The lowest BCUT2D eigenvalue weighted by atomic mass is 10.3. The van der Waals surface area contributed by atoms with E-state index in [0.717, 1.165) is 6.21 Å². The number of carbonyl (C=O) groups is 2. The van der Waals surface area contributed by atoms with Crippen LogP contribution >= 0.6 is 0 Å². The molecule has 2 rings (SSSR count). The minimum absolute atomic E-state index is 0.0706. The lowest BCUT2D eigenvalue weighted by Crippen LogP contribution is -2.07. The summed E-state index contributed by atoms with van der Waals surface area (Å²) in [5.41, 5.74) is 6.18. The van der Waals surface area contributed by atoms with Crippen molar-refractivity contribution in [1.29, 1.82) is 5.53 Å². The number of fused-ring (bicyclic) bond motifs is 1. The van der Waals surface area contributed by atoms with Crippen molar-refractivity contribution in [2.24, 2.45) is 17.8 Å². The normalized spacial score (nSPS) is 27.9. The monoisotopic (exact) mass is 243 g/mol. The summed E-state index contributed by atoms with van der Waals surface area (Å²) in [6, 6.07) is 0. The highest BCUT2D eigenvalue weighted by Crippen LogP contribution is 2.50. The molecule has 94 valence electrons. The van der Waals surface area contributed by atoms with E-state index in [-0.39, 0.29) is 5.92 Å². The third-order valence-electron chi connectivity index (χ3n) is 2.69. The Bertz CT molecular complexity index is 341. The molecule has 0 aromatic rings. The van der Waals surface area contributed by atoms with E-state index >= 15 is 0 Å². The summed E-state index contributed by atoms with van der Waals surface area (Å²) in [6.45, 7) is 3.35. The second kappa shape index (κ2) is 6.12. The molecule has 1 saturated heterocycles. The third-order valence-corrected chi connectivity index (χ3v) is 2.69. The van der Waals surface area contributed by atoms with Crippen molar-refractivity contribution < 1.29 is 29.0 Å². The van der Waals surface area contributed by atoms with Crippen molar-refractivity contribution in [2.45, 2.75) is 6.92 Å². The van der Waals surface area contributed by atoms with E-state index in [4.69, 9.17) is 15.4 Å². The average molecular weight is 243 g/mol. The van der Waals surface area contributed by atoms with Gasteiger partial charge in [0.05, 0.1) is 36.1 Å². The number of hydrogen-bond acceptors (Lipinski definition) is 5. The summed E-state index contributed by atoms with van der Waals surface area (Å²) in [6.07, 6.45) is 0.809. The quantitative estimate of drug-likeness (QED) is 0.309. The number of carboxylic acid groups (broad SMARTS) is 1. The number of carbonyl (C=O) groups excluding carboxylic acids is 1. The Kier molecular flexibility index (Phi) is 4.81. The van der Waals surface area contributed by atoms with Crippen LogP contribution in [0.25, 0.3) is 0 Å². The van der Waals surface area contributed by atoms with Gasteiger partial charge in [0, 0.05) is 11.8 Å². The van der Waals surface area contributed by atoms with Crippen LogP contribution in [0.15, 0.2) is 0 Å². The molecule has 7 heteroatoms. The SMILES string of the molecule is CCOC(=O)C=[N+]=N.O=C(O)C1C2COCC21. The number of ether oxygens (including phenoxy) is 2. The predicted molar refractivity (Wildman–Crippen MR) is 54.6 cm³/mol. The third kappa shape index (κ3) is 3.65. The molecule has 7 nitrogen and oxygen atoms in total. The van der Waals surface area contributed by atoms with Gasteiger partial charge in [-0.05, 0) is 6.92 Å². The van der Waals surface area contributed by atoms with E-state index < -0.39 is 11.9 Å². The zero-order chi connectivity index (χ0) is 12.8. The zero-order valence-electron chi connectivity index (χ0n) is 9.46. The Hall–Kier alpha value is -1.72. The number of carboxylic acids is 1. The molecule has 0 aromatic carbocycles. The molecule has 1 heterocycles. The van der Waals surface area contributed by atoms with Gasteiger partial charge >= 0.3 is 18.2 Å². The predicted octanol–water partition coefficient (Wildman–Crippen LogP) is -0.177. The van der Waals surface area contributed by atoms with Gasteiger partial charge in [0.25, 0.3) is 0 Å². The molecule has 1 aliphatic carbocycles. The Morgan fingerprint density at radius 3 is 2.47 bits per heavy atom. The first-order valence-corrected chi connectivity index (χ1v) is 5.28. The first-order chi connectivity index (χ1) is 8.11. The van der Waals surface area contributed by atoms with Gasteiger partial charge in [0.15, 0.2) is 0 Å². The van der Waals surface area contributed by atoms with Gasteiger partial charge in [0.1, 0.15) is 0 Å². The Morgan fingerprint density at radius 2 is 2.12 bits per heavy atom. The molecule has 0 bridgehead atoms. The van der Waals surface area contributed by atoms with Crippen LogP contribution in [0.5, 0.6) is 0 Å². The van der Waals surface area contributed by atoms with E-state index in [1.54, 1.807) is 6.92 Å². The molecule has 0 radical (unpaired) electrons. The Labute approximate surface area is 97.9 Å². The zero-order valence-corrected chi connectivity index (χ0v) is 9.46. The topological polar surface area (TPSA) is 111 Å². The molecule has 17 heavy (non-hydrogen) atoms. The van der Waals surface area contributed by atoms with E-state index in [2.05, 4.69) is 9.53 Å². The maximum Gasteiger partial charge on any atom is 0.418 e. The summed E-state index contributed by atoms with van der Waals surface area (Å²) in [7, 11) is 0. The molecule has 1 saturated carbocycles. The van der Waals surface area contributed by atoms with Gasteiger partial charge in [0.2, 0.25) is 0 Å². The van der Waals surface area contributed by atoms with Gasteiger partial charge in [-0.25, -0.2) is 4.79 Å². The first-order valence-electron chi connectivity index (χ1n) is 5.28. The number of nitrogens with one attached hydrogen (secondary N) is 1. The van der Waals surface area contributed by atoms with Gasteiger partial charge in [-0.3, -0.25) is 4.79 Å². The van der Waals surface area contributed by atoms with Crippen LogP contribution in [0, 0.1) is 23.3 Å². The van der Waals surface area contributed by atoms with Gasteiger partial charge in [-0.15, -0.1) is 0 Å².